The lowest BCUT2D eigenvalue weighted by Crippen LogP contribution is -3.12. The number of anilines is 1. The molecule has 0 unspecified atom stereocenters. The molecule has 0 amide bonds. The highest BCUT2D eigenvalue weighted by atomic mass is 32.1. The van der Waals surface area contributed by atoms with Crippen molar-refractivity contribution in [3.05, 3.63) is 65.9 Å². The van der Waals surface area contributed by atoms with Gasteiger partial charge in [-0.05, 0) is 49.8 Å². The van der Waals surface area contributed by atoms with Gasteiger partial charge in [-0.1, -0.05) is 18.2 Å². The topological polar surface area (TPSA) is 35.5 Å². The molecule has 3 N–H and O–H groups in total. The molecule has 1 heterocycles. The predicted octanol–water partition coefficient (Wildman–Crippen LogP) is 3.57. The Morgan fingerprint density at radius 2 is 1.79 bits per heavy atom. The number of benzene rings is 2. The molecule has 29 heavy (non-hydrogen) atoms. The first-order valence-electron chi connectivity index (χ1n) is 9.90. The zero-order valence-electron chi connectivity index (χ0n) is 16.8. The van der Waals surface area contributed by atoms with Gasteiger partial charge in [0.15, 0.2) is 5.11 Å². The van der Waals surface area contributed by atoms with Gasteiger partial charge in [-0.2, -0.15) is 0 Å². The molecule has 4 nitrogen and oxygen atoms in total. The fourth-order valence-corrected chi connectivity index (χ4v) is 3.72. The summed E-state index contributed by atoms with van der Waals surface area (Å²) in [6.07, 6.45) is 1.99. The number of para-hydroxylation sites is 1. The maximum absolute atomic E-state index is 13.6. The van der Waals surface area contributed by atoms with E-state index in [2.05, 4.69) is 35.1 Å². The van der Waals surface area contributed by atoms with Crippen molar-refractivity contribution in [2.45, 2.75) is 20.4 Å². The molecule has 0 aliphatic carbocycles. The Labute approximate surface area is 175 Å². The molecule has 0 atom stereocenters. The van der Waals surface area contributed by atoms with Gasteiger partial charge in [0.25, 0.3) is 0 Å². The van der Waals surface area contributed by atoms with Gasteiger partial charge in [-0.15, -0.1) is 0 Å². The molecule has 0 saturated heterocycles. The van der Waals surface area contributed by atoms with Crippen molar-refractivity contribution < 1.29 is 13.7 Å². The summed E-state index contributed by atoms with van der Waals surface area (Å²) in [5.41, 5.74) is 2.51. The number of hydrogen-bond acceptors (Lipinski definition) is 1. The molecular formula is C22H27F2N4S+. The van der Waals surface area contributed by atoms with Crippen molar-refractivity contribution in [3.63, 3.8) is 0 Å². The Morgan fingerprint density at radius 1 is 1.10 bits per heavy atom. The number of halogens is 2. The maximum Gasteiger partial charge on any atom is 0.173 e. The Hall–Kier alpha value is -2.51. The van der Waals surface area contributed by atoms with E-state index in [4.69, 9.17) is 12.2 Å². The van der Waals surface area contributed by atoms with Crippen LogP contribution in [-0.2, 0) is 6.54 Å². The van der Waals surface area contributed by atoms with E-state index in [1.807, 2.05) is 24.4 Å². The number of nitrogens with one attached hydrogen (secondary N) is 3. The van der Waals surface area contributed by atoms with Crippen LogP contribution in [-0.4, -0.2) is 41.2 Å². The summed E-state index contributed by atoms with van der Waals surface area (Å²) < 4.78 is 27.1. The summed E-state index contributed by atoms with van der Waals surface area (Å²) in [7, 11) is 0. The minimum Gasteiger partial charge on any atom is -0.361 e. The first kappa shape index (κ1) is 21.2. The molecule has 0 saturated carbocycles. The third-order valence-electron chi connectivity index (χ3n) is 5.17. The summed E-state index contributed by atoms with van der Waals surface area (Å²) in [5, 5.41) is 4.60. The van der Waals surface area contributed by atoms with Crippen LogP contribution in [0.2, 0.25) is 0 Å². The van der Waals surface area contributed by atoms with Crippen LogP contribution in [0.5, 0.6) is 0 Å². The van der Waals surface area contributed by atoms with Crippen LogP contribution < -0.4 is 10.2 Å². The molecule has 0 radical (unpaired) electrons. The Bertz CT molecular complexity index is 948. The lowest BCUT2D eigenvalue weighted by molar-refractivity contribution is -0.895. The number of H-pyrrole nitrogens is 1. The molecule has 0 aliphatic heterocycles. The van der Waals surface area contributed by atoms with E-state index in [0.717, 1.165) is 48.7 Å². The van der Waals surface area contributed by atoms with E-state index in [9.17, 15) is 8.78 Å². The van der Waals surface area contributed by atoms with Crippen molar-refractivity contribution in [1.29, 1.82) is 0 Å². The van der Waals surface area contributed by atoms with Crippen LogP contribution in [0.15, 0.2) is 48.7 Å². The SMILES string of the molecule is CC[NH+](CC)CCN(Cc1c[nH]c2ccccc12)C(=S)Nc1cc(F)cc(F)c1. The van der Waals surface area contributed by atoms with Gasteiger partial charge in [-0.25, -0.2) is 8.78 Å². The van der Waals surface area contributed by atoms with Gasteiger partial charge in [-0.3, -0.25) is 0 Å². The Balaban J connectivity index is 1.80. The van der Waals surface area contributed by atoms with Crippen LogP contribution in [0.1, 0.15) is 19.4 Å². The van der Waals surface area contributed by atoms with Crippen molar-refractivity contribution in [2.75, 3.05) is 31.5 Å². The number of thiocarbonyl (C=S) groups is 1. The van der Waals surface area contributed by atoms with Crippen LogP contribution in [0.4, 0.5) is 14.5 Å². The van der Waals surface area contributed by atoms with Crippen LogP contribution in [0.25, 0.3) is 10.9 Å². The Kier molecular flexibility index (Phi) is 7.17. The fourth-order valence-electron chi connectivity index (χ4n) is 3.45. The van der Waals surface area contributed by atoms with Crippen molar-refractivity contribution in [1.82, 2.24) is 9.88 Å². The minimum atomic E-state index is -0.633. The predicted molar refractivity (Wildman–Crippen MR) is 118 cm³/mol. The molecule has 2 aromatic carbocycles. The zero-order valence-corrected chi connectivity index (χ0v) is 17.6. The van der Waals surface area contributed by atoms with Gasteiger partial charge < -0.3 is 20.1 Å². The van der Waals surface area contributed by atoms with E-state index >= 15 is 0 Å². The number of quaternary nitrogens is 1. The minimum absolute atomic E-state index is 0.312. The standard InChI is InChI=1S/C22H26F2N4S/c1-3-27(4-2)9-10-28(15-16-14-25-21-8-6-5-7-20(16)21)22(29)26-19-12-17(23)11-18(24)13-19/h5-8,11-14,25H,3-4,9-10,15H2,1-2H3,(H,26,29)/p+1. The summed E-state index contributed by atoms with van der Waals surface area (Å²) in [6, 6.07) is 11.5. The highest BCUT2D eigenvalue weighted by molar-refractivity contribution is 7.80. The number of aromatic nitrogens is 1. The van der Waals surface area contributed by atoms with E-state index < -0.39 is 11.6 Å². The van der Waals surface area contributed by atoms with Gasteiger partial charge in [0.1, 0.15) is 11.6 Å². The molecular weight excluding hydrogens is 390 g/mol. The monoisotopic (exact) mass is 417 g/mol. The van der Waals surface area contributed by atoms with E-state index in [0.29, 0.717) is 17.3 Å². The van der Waals surface area contributed by atoms with Gasteiger partial charge in [0.05, 0.1) is 26.2 Å². The van der Waals surface area contributed by atoms with Gasteiger partial charge >= 0.3 is 0 Å². The normalized spacial score (nSPS) is 11.2. The summed E-state index contributed by atoms with van der Waals surface area (Å²) >= 11 is 5.61. The fraction of sp³-hybridized carbons (Fsp3) is 0.318. The average Bonchev–Trinajstić information content (AvgIpc) is 3.10. The van der Waals surface area contributed by atoms with Crippen LogP contribution in [0.3, 0.4) is 0 Å². The molecule has 0 spiro atoms. The number of fused-ring (bicyclic) bond motifs is 1. The Morgan fingerprint density at radius 3 is 2.48 bits per heavy atom. The molecule has 0 fully saturated rings. The molecule has 1 aromatic heterocycles. The first-order valence-corrected chi connectivity index (χ1v) is 10.3. The lowest BCUT2D eigenvalue weighted by atomic mass is 10.1. The van der Waals surface area contributed by atoms with Crippen LogP contribution in [0, 0.1) is 11.6 Å². The molecule has 3 rings (SSSR count). The third-order valence-corrected chi connectivity index (χ3v) is 5.53. The van der Waals surface area contributed by atoms with Crippen molar-refractivity contribution in [2.24, 2.45) is 0 Å². The smallest absolute Gasteiger partial charge is 0.173 e. The molecule has 7 heteroatoms. The number of aromatic amines is 1. The van der Waals surface area contributed by atoms with Gasteiger partial charge in [0.2, 0.25) is 0 Å². The molecule has 0 bridgehead atoms. The largest absolute Gasteiger partial charge is 0.361 e. The number of rotatable bonds is 8. The summed E-state index contributed by atoms with van der Waals surface area (Å²) in [4.78, 5) is 6.81. The second kappa shape index (κ2) is 9.80. The maximum atomic E-state index is 13.6. The first-order chi connectivity index (χ1) is 14.0. The van der Waals surface area contributed by atoms with E-state index in [1.165, 1.54) is 17.0 Å². The number of likely N-dealkylation sites (N-methyl/N-ethyl adjacent to an activating group) is 1. The molecule has 0 aliphatic rings. The van der Waals surface area contributed by atoms with Crippen LogP contribution >= 0.6 is 12.2 Å². The quantitative estimate of drug-likeness (QED) is 0.491. The molecule has 3 aromatic rings. The number of hydrogen-bond donors (Lipinski definition) is 3. The summed E-state index contributed by atoms with van der Waals surface area (Å²) in [6.45, 7) is 8.66. The zero-order chi connectivity index (χ0) is 20.8. The van der Waals surface area contributed by atoms with Crippen molar-refractivity contribution in [3.8, 4) is 0 Å². The van der Waals surface area contributed by atoms with Gasteiger partial charge in [0, 0.05) is 35.4 Å². The average molecular weight is 418 g/mol. The van der Waals surface area contributed by atoms with Crippen molar-refractivity contribution >= 4 is 33.9 Å². The van der Waals surface area contributed by atoms with E-state index in [-0.39, 0.29) is 0 Å². The second-order valence-electron chi connectivity index (χ2n) is 7.08. The molecule has 154 valence electrons. The van der Waals surface area contributed by atoms with E-state index in [1.54, 1.807) is 0 Å². The highest BCUT2D eigenvalue weighted by Crippen LogP contribution is 2.20. The second-order valence-corrected chi connectivity index (χ2v) is 7.46. The third kappa shape index (κ3) is 5.52. The summed E-state index contributed by atoms with van der Waals surface area (Å²) in [5.74, 6) is -1.27. The number of nitrogens with zero attached hydrogens (tertiary/aromatic N) is 1. The highest BCUT2D eigenvalue weighted by Gasteiger charge is 2.16. The lowest BCUT2D eigenvalue weighted by Gasteiger charge is -2.27.